The van der Waals surface area contributed by atoms with Crippen molar-refractivity contribution >= 4 is 44.5 Å². The molecule has 3 aromatic heterocycles. The highest BCUT2D eigenvalue weighted by atomic mass is 32.2. The molecule has 2 aliphatic heterocycles. The van der Waals surface area contributed by atoms with Crippen molar-refractivity contribution in [1.82, 2.24) is 35.2 Å². The van der Waals surface area contributed by atoms with Gasteiger partial charge in [0.05, 0.1) is 52.5 Å². The minimum absolute atomic E-state index is 0.00325. The second-order valence-electron chi connectivity index (χ2n) is 12.8. The van der Waals surface area contributed by atoms with E-state index in [1.54, 1.807) is 25.1 Å². The van der Waals surface area contributed by atoms with Gasteiger partial charge in [0.1, 0.15) is 0 Å². The first-order valence-corrected chi connectivity index (χ1v) is 18.3. The maximum absolute atomic E-state index is 12.8. The largest absolute Gasteiger partial charge is 0.364 e. The number of para-hydroxylation sites is 1. The number of aromatic nitrogens is 5. The normalized spacial score (nSPS) is 17.6. The van der Waals surface area contributed by atoms with Crippen molar-refractivity contribution in [2.75, 3.05) is 48.5 Å². The Hall–Kier alpha value is -4.89. The molecule has 14 nitrogen and oxygen atoms in total. The van der Waals surface area contributed by atoms with Gasteiger partial charge in [-0.25, -0.2) is 13.4 Å². The van der Waals surface area contributed by atoms with Gasteiger partial charge in [-0.05, 0) is 37.5 Å². The summed E-state index contributed by atoms with van der Waals surface area (Å²) < 4.78 is 26.8. The molecule has 0 bridgehead atoms. The van der Waals surface area contributed by atoms with Crippen molar-refractivity contribution < 1.29 is 18.0 Å². The van der Waals surface area contributed by atoms with E-state index in [4.69, 9.17) is 5.10 Å². The minimum atomic E-state index is -3.37. The fraction of sp³-hybridized carbons (Fsp3) is 0.412. The topological polar surface area (TPSA) is 167 Å². The molecule has 3 N–H and O–H groups in total. The number of anilines is 4. The molecule has 3 aliphatic rings. The van der Waals surface area contributed by atoms with E-state index >= 15 is 0 Å². The van der Waals surface area contributed by atoms with E-state index in [-0.39, 0.29) is 46.2 Å². The average molecular weight is 685 g/mol. The molecule has 1 saturated carbocycles. The van der Waals surface area contributed by atoms with Gasteiger partial charge in [0, 0.05) is 56.8 Å². The van der Waals surface area contributed by atoms with Crippen LogP contribution in [-0.2, 0) is 21.2 Å². The minimum Gasteiger partial charge on any atom is -0.364 e. The van der Waals surface area contributed by atoms with E-state index < -0.39 is 15.7 Å². The van der Waals surface area contributed by atoms with Crippen LogP contribution in [-0.4, -0.2) is 83.0 Å². The zero-order chi connectivity index (χ0) is 34.4. The molecule has 2 fully saturated rings. The first-order chi connectivity index (χ1) is 23.6. The summed E-state index contributed by atoms with van der Waals surface area (Å²) in [5, 5.41) is 22.2. The van der Waals surface area contributed by atoms with Crippen LogP contribution in [0.25, 0.3) is 11.1 Å². The van der Waals surface area contributed by atoms with Gasteiger partial charge >= 0.3 is 0 Å². The van der Waals surface area contributed by atoms with Crippen LogP contribution in [0.5, 0.6) is 0 Å². The van der Waals surface area contributed by atoms with E-state index in [1.807, 2.05) is 24.4 Å². The number of carbonyl (C=O) groups excluding carboxylic acids is 2. The fourth-order valence-electron chi connectivity index (χ4n) is 6.73. The second kappa shape index (κ2) is 12.9. The van der Waals surface area contributed by atoms with Gasteiger partial charge in [-0.15, -0.1) is 10.2 Å². The molecule has 15 heteroatoms. The van der Waals surface area contributed by atoms with Crippen LogP contribution in [0.1, 0.15) is 67.1 Å². The number of benzene rings is 1. The number of nitrogens with zero attached hydrogens (tertiary/aromatic N) is 7. The zero-order valence-corrected chi connectivity index (χ0v) is 28.8. The smallest absolute Gasteiger partial charge is 0.273 e. The lowest BCUT2D eigenvalue weighted by Gasteiger charge is -2.43. The summed E-state index contributed by atoms with van der Waals surface area (Å²) >= 11 is 0. The van der Waals surface area contributed by atoms with Gasteiger partial charge in [-0.2, -0.15) is 5.10 Å². The van der Waals surface area contributed by atoms with Crippen molar-refractivity contribution in [2.45, 2.75) is 56.8 Å². The number of amides is 2. The van der Waals surface area contributed by atoms with E-state index in [0.29, 0.717) is 12.2 Å². The third-order valence-corrected chi connectivity index (χ3v) is 11.2. The molecule has 0 spiro atoms. The van der Waals surface area contributed by atoms with Crippen LogP contribution in [0.3, 0.4) is 0 Å². The van der Waals surface area contributed by atoms with Crippen LogP contribution in [0.4, 0.5) is 22.9 Å². The number of hydrogen-bond donors (Lipinski definition) is 3. The highest BCUT2D eigenvalue weighted by Crippen LogP contribution is 2.50. The molecule has 1 saturated heterocycles. The summed E-state index contributed by atoms with van der Waals surface area (Å²) in [6, 6.07) is 13.0. The van der Waals surface area contributed by atoms with Crippen LogP contribution in [0.15, 0.2) is 53.7 Å². The Bertz CT molecular complexity index is 2040. The number of nitrogens with one attached hydrogen (secondary N) is 3. The number of fused-ring (bicyclic) bond motifs is 3. The standard InChI is InChI=1S/C34H40N10O4S/c1-5-27-32-24(16-36-44(32)22-18-43(19-22)17-21-9-7-12-29(37-21)49(47,48)6-2)23-10-8-11-25(31(23)42(27)4)38-26-15-28(39-33(45)20-13-14-20)40-41-30(26)34(46)35-3/h7-12,15-16,20,22,27H,5-6,13-14,17-19H2,1-4H3,(H,35,46)(H2,38,39,40,45)/t27-/m0/s1. The maximum atomic E-state index is 12.8. The Morgan fingerprint density at radius 2 is 1.78 bits per heavy atom. The molecule has 256 valence electrons. The molecule has 5 heterocycles. The third kappa shape index (κ3) is 6.12. The Morgan fingerprint density at radius 1 is 1.00 bits per heavy atom. The van der Waals surface area contributed by atoms with Crippen LogP contribution >= 0.6 is 0 Å². The number of pyridine rings is 1. The summed E-state index contributed by atoms with van der Waals surface area (Å²) in [6.07, 6.45) is 4.49. The molecule has 4 aromatic rings. The zero-order valence-electron chi connectivity index (χ0n) is 28.0. The first kappa shape index (κ1) is 32.6. The van der Waals surface area contributed by atoms with E-state index in [9.17, 15) is 18.0 Å². The van der Waals surface area contributed by atoms with Crippen molar-refractivity contribution in [3.8, 4) is 11.1 Å². The van der Waals surface area contributed by atoms with Gasteiger partial charge in [0.15, 0.2) is 26.4 Å². The SMILES string of the molecule is CC[C@H]1c2c(cnn2C2CN(Cc3cccc(S(=O)(=O)CC)n3)C2)-c2cccc(Nc3cc(NC(=O)C4CC4)nnc3C(=O)NC)c2N1C. The number of rotatable bonds is 11. The summed E-state index contributed by atoms with van der Waals surface area (Å²) in [7, 11) is 0.239. The maximum Gasteiger partial charge on any atom is 0.273 e. The molecule has 1 aliphatic carbocycles. The number of carbonyl (C=O) groups is 2. The van der Waals surface area contributed by atoms with Crippen molar-refractivity contribution in [3.63, 3.8) is 0 Å². The third-order valence-electron chi connectivity index (χ3n) is 9.54. The number of hydrogen-bond acceptors (Lipinski definition) is 11. The molecule has 7 rings (SSSR count). The fourth-order valence-corrected chi connectivity index (χ4v) is 7.56. The van der Waals surface area contributed by atoms with Crippen LogP contribution in [0, 0.1) is 5.92 Å². The van der Waals surface area contributed by atoms with Gasteiger partial charge < -0.3 is 20.9 Å². The molecule has 1 atom stereocenters. The van der Waals surface area contributed by atoms with Gasteiger partial charge in [-0.3, -0.25) is 19.2 Å². The summed E-state index contributed by atoms with van der Waals surface area (Å²) in [6.45, 7) is 5.89. The first-order valence-electron chi connectivity index (χ1n) is 16.6. The highest BCUT2D eigenvalue weighted by molar-refractivity contribution is 7.91. The van der Waals surface area contributed by atoms with E-state index in [2.05, 4.69) is 65.7 Å². The van der Waals surface area contributed by atoms with E-state index in [0.717, 1.165) is 66.2 Å². The predicted molar refractivity (Wildman–Crippen MR) is 185 cm³/mol. The van der Waals surface area contributed by atoms with Crippen molar-refractivity contribution in [1.29, 1.82) is 0 Å². The molecule has 49 heavy (non-hydrogen) atoms. The molecule has 1 aromatic carbocycles. The monoisotopic (exact) mass is 684 g/mol. The summed E-state index contributed by atoms with van der Waals surface area (Å²) in [5.41, 5.74) is 6.24. The number of likely N-dealkylation sites (tertiary alicyclic amines) is 1. The second-order valence-corrected chi connectivity index (χ2v) is 15.0. The molecular formula is C34H40N10O4S. The molecular weight excluding hydrogens is 645 g/mol. The lowest BCUT2D eigenvalue weighted by Crippen LogP contribution is -2.48. The Morgan fingerprint density at radius 3 is 2.49 bits per heavy atom. The van der Waals surface area contributed by atoms with Crippen molar-refractivity contribution in [3.05, 3.63) is 65.7 Å². The van der Waals surface area contributed by atoms with Gasteiger partial charge in [0.2, 0.25) is 5.91 Å². The lowest BCUT2D eigenvalue weighted by atomic mass is 9.91. The van der Waals surface area contributed by atoms with Crippen LogP contribution < -0.4 is 20.9 Å². The lowest BCUT2D eigenvalue weighted by molar-refractivity contribution is -0.117. The average Bonchev–Trinajstić information content (AvgIpc) is 3.86. The highest BCUT2D eigenvalue weighted by Gasteiger charge is 2.38. The van der Waals surface area contributed by atoms with E-state index in [1.165, 1.54) is 7.05 Å². The van der Waals surface area contributed by atoms with Gasteiger partial charge in [-0.1, -0.05) is 32.0 Å². The van der Waals surface area contributed by atoms with Crippen molar-refractivity contribution in [2.24, 2.45) is 5.92 Å². The van der Waals surface area contributed by atoms with Gasteiger partial charge in [0.25, 0.3) is 5.91 Å². The molecule has 0 unspecified atom stereocenters. The molecule has 2 amide bonds. The molecule has 0 radical (unpaired) electrons. The predicted octanol–water partition coefficient (Wildman–Crippen LogP) is 3.94. The Balaban J connectivity index is 1.15. The number of sulfone groups is 1. The van der Waals surface area contributed by atoms with Crippen LogP contribution in [0.2, 0.25) is 0 Å². The summed E-state index contributed by atoms with van der Waals surface area (Å²) in [4.78, 5) is 34.2. The Labute approximate surface area is 285 Å². The quantitative estimate of drug-likeness (QED) is 0.209. The Kier molecular flexibility index (Phi) is 8.57. The summed E-state index contributed by atoms with van der Waals surface area (Å²) in [5.74, 6) is -0.192.